The summed E-state index contributed by atoms with van der Waals surface area (Å²) < 4.78 is 18.0. The highest BCUT2D eigenvalue weighted by atomic mass is 32.1. The molecule has 0 amide bonds. The van der Waals surface area contributed by atoms with E-state index < -0.39 is 12.0 Å². The van der Waals surface area contributed by atoms with E-state index in [2.05, 4.69) is 11.9 Å². The summed E-state index contributed by atoms with van der Waals surface area (Å²) in [5, 5.41) is 0. The highest BCUT2D eigenvalue weighted by Gasteiger charge is 2.33. The van der Waals surface area contributed by atoms with Gasteiger partial charge in [-0.05, 0) is 54.8 Å². The second kappa shape index (κ2) is 10.1. The van der Waals surface area contributed by atoms with Gasteiger partial charge in [0, 0.05) is 0 Å². The van der Waals surface area contributed by atoms with Gasteiger partial charge in [-0.3, -0.25) is 9.36 Å². The fraction of sp³-hybridized carbons (Fsp3) is 0.269. The van der Waals surface area contributed by atoms with E-state index in [0.29, 0.717) is 33.0 Å². The molecule has 1 aliphatic rings. The molecule has 0 N–H and O–H groups in total. The molecule has 34 heavy (non-hydrogen) atoms. The van der Waals surface area contributed by atoms with Gasteiger partial charge in [0.25, 0.3) is 5.56 Å². The summed E-state index contributed by atoms with van der Waals surface area (Å²) in [5.41, 5.74) is 2.28. The van der Waals surface area contributed by atoms with E-state index in [1.54, 1.807) is 30.7 Å². The number of hydrogen-bond donors (Lipinski definition) is 0. The predicted molar refractivity (Wildman–Crippen MR) is 131 cm³/mol. The number of thiazole rings is 1. The van der Waals surface area contributed by atoms with Gasteiger partial charge >= 0.3 is 5.97 Å². The number of aromatic nitrogens is 1. The van der Waals surface area contributed by atoms with Crippen LogP contribution in [0.25, 0.3) is 6.08 Å². The van der Waals surface area contributed by atoms with Gasteiger partial charge in [-0.15, -0.1) is 0 Å². The van der Waals surface area contributed by atoms with Crippen molar-refractivity contribution in [3.05, 3.63) is 90.6 Å². The zero-order chi connectivity index (χ0) is 24.2. The Hall–Kier alpha value is -3.65. The first-order chi connectivity index (χ1) is 16.5. The van der Waals surface area contributed by atoms with Gasteiger partial charge < -0.3 is 14.2 Å². The van der Waals surface area contributed by atoms with E-state index in [-0.39, 0.29) is 5.56 Å². The van der Waals surface area contributed by atoms with E-state index in [0.717, 1.165) is 23.3 Å². The third-order valence-corrected chi connectivity index (χ3v) is 6.49. The molecular weight excluding hydrogens is 452 g/mol. The van der Waals surface area contributed by atoms with Gasteiger partial charge in [-0.1, -0.05) is 42.5 Å². The van der Waals surface area contributed by atoms with Gasteiger partial charge in [0.05, 0.1) is 42.7 Å². The Kier molecular flexibility index (Phi) is 6.98. The lowest BCUT2D eigenvalue weighted by atomic mass is 9.96. The van der Waals surface area contributed by atoms with E-state index in [1.165, 1.54) is 18.4 Å². The van der Waals surface area contributed by atoms with Crippen LogP contribution in [-0.4, -0.2) is 31.4 Å². The van der Waals surface area contributed by atoms with Crippen LogP contribution in [0.5, 0.6) is 11.5 Å². The molecule has 1 atom stereocenters. The zero-order valence-electron chi connectivity index (χ0n) is 19.5. The molecule has 3 aromatic rings. The van der Waals surface area contributed by atoms with Crippen molar-refractivity contribution in [2.75, 3.05) is 20.8 Å². The molecular formula is C26H26N2O5S. The van der Waals surface area contributed by atoms with Gasteiger partial charge in [-0.25, -0.2) is 9.79 Å². The van der Waals surface area contributed by atoms with Crippen LogP contribution in [0.2, 0.25) is 0 Å². The van der Waals surface area contributed by atoms with Crippen LogP contribution in [0.4, 0.5) is 0 Å². The molecule has 4 rings (SSSR count). The van der Waals surface area contributed by atoms with Crippen molar-refractivity contribution >= 4 is 23.4 Å². The number of fused-ring (bicyclic) bond motifs is 1. The predicted octanol–water partition coefficient (Wildman–Crippen LogP) is 3.21. The number of rotatable bonds is 7. The molecule has 0 spiro atoms. The standard InChI is InChI=1S/C26H26N2O5S/c1-5-14-33-20-10-6-17(7-11-20)15-21-24(29)28-23(18-8-12-19(31-3)13-9-18)22(25(30)32-4)16(2)27-26(28)34-21/h6-13,15,23H,5,14H2,1-4H3/b21-15+/t23-/m0/s1. The number of hydrogen-bond acceptors (Lipinski definition) is 7. The summed E-state index contributed by atoms with van der Waals surface area (Å²) >= 11 is 1.29. The van der Waals surface area contributed by atoms with Gasteiger partial charge in [-0.2, -0.15) is 0 Å². The van der Waals surface area contributed by atoms with Crippen LogP contribution < -0.4 is 24.4 Å². The summed E-state index contributed by atoms with van der Waals surface area (Å²) in [6, 6.07) is 14.2. The Morgan fingerprint density at radius 3 is 2.38 bits per heavy atom. The first-order valence-corrected chi connectivity index (χ1v) is 11.8. The Morgan fingerprint density at radius 2 is 1.76 bits per heavy atom. The maximum absolute atomic E-state index is 13.6. The molecule has 0 unspecified atom stereocenters. The average molecular weight is 479 g/mol. The first-order valence-electron chi connectivity index (χ1n) is 10.9. The normalized spacial score (nSPS) is 15.5. The van der Waals surface area contributed by atoms with Gasteiger partial charge in [0.15, 0.2) is 4.80 Å². The lowest BCUT2D eigenvalue weighted by Crippen LogP contribution is -2.39. The van der Waals surface area contributed by atoms with Crippen LogP contribution in [0.3, 0.4) is 0 Å². The highest BCUT2D eigenvalue weighted by molar-refractivity contribution is 7.07. The maximum atomic E-state index is 13.6. The lowest BCUT2D eigenvalue weighted by Gasteiger charge is -2.24. The number of esters is 1. The van der Waals surface area contributed by atoms with E-state index in [1.807, 2.05) is 42.5 Å². The minimum atomic E-state index is -0.651. The number of methoxy groups -OCH3 is 2. The molecule has 1 aromatic heterocycles. The summed E-state index contributed by atoms with van der Waals surface area (Å²) in [6.07, 6.45) is 2.76. The minimum Gasteiger partial charge on any atom is -0.497 e. The molecule has 0 fully saturated rings. The Bertz CT molecular complexity index is 1400. The summed E-state index contributed by atoms with van der Waals surface area (Å²) in [4.78, 5) is 31.4. The topological polar surface area (TPSA) is 79.1 Å². The maximum Gasteiger partial charge on any atom is 0.338 e. The van der Waals surface area contributed by atoms with Crippen molar-refractivity contribution < 1.29 is 19.0 Å². The third-order valence-electron chi connectivity index (χ3n) is 5.51. The van der Waals surface area contributed by atoms with E-state index in [4.69, 9.17) is 14.2 Å². The molecule has 0 bridgehead atoms. The zero-order valence-corrected chi connectivity index (χ0v) is 20.3. The molecule has 2 heterocycles. The number of allylic oxidation sites excluding steroid dienone is 1. The SMILES string of the molecule is CCCOc1ccc(/C=c2/sc3n(c2=O)[C@@H](c2ccc(OC)cc2)C(C(=O)OC)=C(C)N=3)cc1. The molecule has 7 nitrogen and oxygen atoms in total. The quantitative estimate of drug-likeness (QED) is 0.488. The molecule has 0 radical (unpaired) electrons. The van der Waals surface area contributed by atoms with Crippen molar-refractivity contribution in [2.24, 2.45) is 4.99 Å². The number of carbonyl (C=O) groups is 1. The Balaban J connectivity index is 1.83. The molecule has 0 aliphatic carbocycles. The molecule has 1 aliphatic heterocycles. The Morgan fingerprint density at radius 1 is 1.09 bits per heavy atom. The smallest absolute Gasteiger partial charge is 0.338 e. The second-order valence-corrected chi connectivity index (χ2v) is 8.77. The van der Waals surface area contributed by atoms with Gasteiger partial charge in [0.1, 0.15) is 11.5 Å². The summed E-state index contributed by atoms with van der Waals surface area (Å²) in [7, 11) is 2.91. The summed E-state index contributed by atoms with van der Waals surface area (Å²) in [5.74, 6) is 0.958. The fourth-order valence-electron chi connectivity index (χ4n) is 3.83. The molecule has 0 saturated carbocycles. The fourth-order valence-corrected chi connectivity index (χ4v) is 4.87. The van der Waals surface area contributed by atoms with E-state index >= 15 is 0 Å². The van der Waals surface area contributed by atoms with Crippen molar-refractivity contribution in [1.82, 2.24) is 4.57 Å². The third kappa shape index (κ3) is 4.54. The molecule has 176 valence electrons. The minimum absolute atomic E-state index is 0.218. The van der Waals surface area contributed by atoms with E-state index in [9.17, 15) is 9.59 Å². The largest absolute Gasteiger partial charge is 0.497 e. The summed E-state index contributed by atoms with van der Waals surface area (Å²) in [6.45, 7) is 4.47. The highest BCUT2D eigenvalue weighted by Crippen LogP contribution is 2.31. The first kappa shape index (κ1) is 23.5. The number of ether oxygens (including phenoxy) is 3. The van der Waals surface area contributed by atoms with Crippen molar-refractivity contribution in [3.63, 3.8) is 0 Å². The molecule has 0 saturated heterocycles. The Labute approximate surface area is 201 Å². The molecule has 8 heteroatoms. The number of carbonyl (C=O) groups excluding carboxylic acids is 1. The van der Waals surface area contributed by atoms with Crippen molar-refractivity contribution in [3.8, 4) is 11.5 Å². The number of benzene rings is 2. The molecule has 2 aromatic carbocycles. The van der Waals surface area contributed by atoms with Crippen LogP contribution >= 0.6 is 11.3 Å². The van der Waals surface area contributed by atoms with Crippen LogP contribution in [0.1, 0.15) is 37.4 Å². The lowest BCUT2D eigenvalue weighted by molar-refractivity contribution is -0.136. The van der Waals surface area contributed by atoms with Crippen molar-refractivity contribution in [2.45, 2.75) is 26.3 Å². The average Bonchev–Trinajstić information content (AvgIpc) is 3.16. The van der Waals surface area contributed by atoms with Crippen LogP contribution in [-0.2, 0) is 9.53 Å². The monoisotopic (exact) mass is 478 g/mol. The number of nitrogens with zero attached hydrogens (tertiary/aromatic N) is 2. The van der Waals surface area contributed by atoms with Crippen LogP contribution in [0.15, 0.2) is 69.6 Å². The van der Waals surface area contributed by atoms with Crippen LogP contribution in [0, 0.1) is 0 Å². The van der Waals surface area contributed by atoms with Crippen molar-refractivity contribution in [1.29, 1.82) is 0 Å². The van der Waals surface area contributed by atoms with Gasteiger partial charge in [0.2, 0.25) is 0 Å². The second-order valence-electron chi connectivity index (χ2n) is 7.76.